The van der Waals surface area contributed by atoms with Gasteiger partial charge in [-0.25, -0.2) is 0 Å². The molecule has 0 unspecified atom stereocenters. The Labute approximate surface area is 127 Å². The minimum absolute atomic E-state index is 0.147. The predicted molar refractivity (Wildman–Crippen MR) is 82.9 cm³/mol. The monoisotopic (exact) mass is 312 g/mol. The Morgan fingerprint density at radius 1 is 1.19 bits per heavy atom. The molecule has 1 aliphatic carbocycles. The smallest absolute Gasteiger partial charge is 0.280 e. The van der Waals surface area contributed by atoms with E-state index in [1.54, 1.807) is 7.05 Å². The van der Waals surface area contributed by atoms with Crippen LogP contribution < -0.4 is 4.72 Å². The van der Waals surface area contributed by atoms with Crippen molar-refractivity contribution in [1.82, 2.24) is 9.03 Å². The standard InChI is InChI=1S/C15H24N2O3S/c1-17(12-14-8-4-2-5-9-14)21(19,20)16-15(13-18)10-6-3-7-11-15/h2,4-5,8-9,16,18H,3,6-7,10-13H2,1H3. The molecular formula is C15H24N2O3S. The maximum atomic E-state index is 12.5. The molecule has 1 aliphatic rings. The number of aliphatic hydroxyl groups is 1. The molecule has 0 aromatic heterocycles. The fourth-order valence-electron chi connectivity index (χ4n) is 2.80. The van der Waals surface area contributed by atoms with Crippen molar-refractivity contribution in [1.29, 1.82) is 0 Å². The summed E-state index contributed by atoms with van der Waals surface area (Å²) in [5, 5.41) is 9.63. The highest BCUT2D eigenvalue weighted by atomic mass is 32.2. The molecule has 0 heterocycles. The highest BCUT2D eigenvalue weighted by Crippen LogP contribution is 2.28. The minimum Gasteiger partial charge on any atom is -0.394 e. The van der Waals surface area contributed by atoms with Gasteiger partial charge in [-0.1, -0.05) is 49.6 Å². The van der Waals surface area contributed by atoms with E-state index < -0.39 is 15.7 Å². The van der Waals surface area contributed by atoms with Gasteiger partial charge in [0, 0.05) is 13.6 Å². The quantitative estimate of drug-likeness (QED) is 0.839. The molecule has 0 spiro atoms. The van der Waals surface area contributed by atoms with Gasteiger partial charge in [0.25, 0.3) is 10.2 Å². The minimum atomic E-state index is -3.61. The zero-order valence-corrected chi connectivity index (χ0v) is 13.3. The van der Waals surface area contributed by atoms with Crippen molar-refractivity contribution in [2.45, 2.75) is 44.2 Å². The molecule has 5 nitrogen and oxygen atoms in total. The third-order valence-corrected chi connectivity index (χ3v) is 5.76. The molecule has 2 rings (SSSR count). The third kappa shape index (κ3) is 4.26. The lowest BCUT2D eigenvalue weighted by Crippen LogP contribution is -2.55. The van der Waals surface area contributed by atoms with E-state index >= 15 is 0 Å². The molecule has 0 aliphatic heterocycles. The third-order valence-electron chi connectivity index (χ3n) is 4.12. The SMILES string of the molecule is CN(Cc1ccccc1)S(=O)(=O)NC1(CO)CCCCC1. The molecule has 1 fully saturated rings. The Morgan fingerprint density at radius 3 is 2.38 bits per heavy atom. The first-order valence-corrected chi connectivity index (χ1v) is 8.81. The van der Waals surface area contributed by atoms with Gasteiger partial charge in [0.05, 0.1) is 12.1 Å². The Bertz CT molecular complexity index is 539. The summed E-state index contributed by atoms with van der Waals surface area (Å²) in [4.78, 5) is 0. The number of aliphatic hydroxyl groups excluding tert-OH is 1. The highest BCUT2D eigenvalue weighted by molar-refractivity contribution is 7.87. The van der Waals surface area contributed by atoms with Gasteiger partial charge >= 0.3 is 0 Å². The van der Waals surface area contributed by atoms with Crippen molar-refractivity contribution in [3.63, 3.8) is 0 Å². The van der Waals surface area contributed by atoms with Gasteiger partial charge in [-0.15, -0.1) is 0 Å². The van der Waals surface area contributed by atoms with E-state index in [2.05, 4.69) is 4.72 Å². The maximum Gasteiger partial charge on any atom is 0.280 e. The van der Waals surface area contributed by atoms with Crippen molar-refractivity contribution in [3.05, 3.63) is 35.9 Å². The Hall–Kier alpha value is -0.950. The van der Waals surface area contributed by atoms with Crippen molar-refractivity contribution in [3.8, 4) is 0 Å². The van der Waals surface area contributed by atoms with Crippen LogP contribution in [0, 0.1) is 0 Å². The predicted octanol–water partition coefficient (Wildman–Crippen LogP) is 1.65. The van der Waals surface area contributed by atoms with Crippen LogP contribution in [0.5, 0.6) is 0 Å². The molecule has 1 aromatic rings. The van der Waals surface area contributed by atoms with Crippen molar-refractivity contribution >= 4 is 10.2 Å². The first kappa shape index (κ1) is 16.4. The van der Waals surface area contributed by atoms with E-state index in [-0.39, 0.29) is 6.61 Å². The topological polar surface area (TPSA) is 69.6 Å². The van der Waals surface area contributed by atoms with Crippen LogP contribution in [0.4, 0.5) is 0 Å². The van der Waals surface area contributed by atoms with E-state index in [0.29, 0.717) is 19.4 Å². The average molecular weight is 312 g/mol. The van der Waals surface area contributed by atoms with Crippen molar-refractivity contribution < 1.29 is 13.5 Å². The molecule has 0 atom stereocenters. The summed E-state index contributed by atoms with van der Waals surface area (Å²) in [6.07, 6.45) is 4.39. The number of nitrogens with one attached hydrogen (secondary N) is 1. The van der Waals surface area contributed by atoms with Crippen LogP contribution in [-0.2, 0) is 16.8 Å². The molecule has 21 heavy (non-hydrogen) atoms. The van der Waals surface area contributed by atoms with Gasteiger partial charge in [-0.3, -0.25) is 0 Å². The van der Waals surface area contributed by atoms with Gasteiger partial charge in [0.1, 0.15) is 0 Å². The zero-order chi connectivity index (χ0) is 15.3. The lowest BCUT2D eigenvalue weighted by molar-refractivity contribution is 0.140. The second kappa shape index (κ2) is 6.87. The second-order valence-electron chi connectivity index (χ2n) is 5.85. The highest BCUT2D eigenvalue weighted by Gasteiger charge is 2.36. The number of nitrogens with zero attached hydrogens (tertiary/aromatic N) is 1. The molecule has 0 saturated heterocycles. The summed E-state index contributed by atoms with van der Waals surface area (Å²) in [7, 11) is -2.05. The summed E-state index contributed by atoms with van der Waals surface area (Å²) >= 11 is 0. The van der Waals surface area contributed by atoms with Gasteiger partial charge in [-0.05, 0) is 18.4 Å². The Morgan fingerprint density at radius 2 is 1.81 bits per heavy atom. The van der Waals surface area contributed by atoms with Crippen LogP contribution >= 0.6 is 0 Å². The lowest BCUT2D eigenvalue weighted by Gasteiger charge is -2.37. The molecule has 0 bridgehead atoms. The molecular weight excluding hydrogens is 288 g/mol. The molecule has 1 saturated carbocycles. The van der Waals surface area contributed by atoms with Gasteiger partial charge in [-0.2, -0.15) is 17.4 Å². The van der Waals surface area contributed by atoms with Crippen LogP contribution in [0.1, 0.15) is 37.7 Å². The van der Waals surface area contributed by atoms with Crippen LogP contribution in [0.15, 0.2) is 30.3 Å². The van der Waals surface area contributed by atoms with Gasteiger partial charge < -0.3 is 5.11 Å². The van der Waals surface area contributed by atoms with Crippen LogP contribution in [0.3, 0.4) is 0 Å². The number of hydrogen-bond donors (Lipinski definition) is 2. The largest absolute Gasteiger partial charge is 0.394 e. The fourth-order valence-corrected chi connectivity index (χ4v) is 4.09. The van der Waals surface area contributed by atoms with E-state index in [1.165, 1.54) is 4.31 Å². The first-order chi connectivity index (χ1) is 9.97. The van der Waals surface area contributed by atoms with E-state index in [1.807, 2.05) is 30.3 Å². The number of hydrogen-bond acceptors (Lipinski definition) is 3. The van der Waals surface area contributed by atoms with E-state index in [9.17, 15) is 13.5 Å². The van der Waals surface area contributed by atoms with Crippen molar-refractivity contribution in [2.75, 3.05) is 13.7 Å². The van der Waals surface area contributed by atoms with E-state index in [4.69, 9.17) is 0 Å². The Kier molecular flexibility index (Phi) is 5.37. The fraction of sp³-hybridized carbons (Fsp3) is 0.600. The lowest BCUT2D eigenvalue weighted by atomic mass is 9.83. The molecule has 1 aromatic carbocycles. The van der Waals surface area contributed by atoms with Crippen LogP contribution in [-0.4, -0.2) is 37.0 Å². The zero-order valence-electron chi connectivity index (χ0n) is 12.5. The molecule has 2 N–H and O–H groups in total. The molecule has 6 heteroatoms. The molecule has 0 radical (unpaired) electrons. The average Bonchev–Trinajstić information content (AvgIpc) is 2.48. The van der Waals surface area contributed by atoms with Gasteiger partial charge in [0.2, 0.25) is 0 Å². The summed E-state index contributed by atoms with van der Waals surface area (Å²) in [5.74, 6) is 0. The van der Waals surface area contributed by atoms with Crippen LogP contribution in [0.2, 0.25) is 0 Å². The summed E-state index contributed by atoms with van der Waals surface area (Å²) in [6, 6.07) is 9.47. The van der Waals surface area contributed by atoms with E-state index in [0.717, 1.165) is 24.8 Å². The van der Waals surface area contributed by atoms with Crippen molar-refractivity contribution in [2.24, 2.45) is 0 Å². The van der Waals surface area contributed by atoms with Gasteiger partial charge in [0.15, 0.2) is 0 Å². The Balaban J connectivity index is 2.06. The summed E-state index contributed by atoms with van der Waals surface area (Å²) < 4.78 is 29.0. The maximum absolute atomic E-state index is 12.5. The number of benzene rings is 1. The first-order valence-electron chi connectivity index (χ1n) is 7.37. The second-order valence-corrected chi connectivity index (χ2v) is 7.63. The summed E-state index contributed by atoms with van der Waals surface area (Å²) in [6.45, 7) is 0.170. The molecule has 0 amide bonds. The van der Waals surface area contributed by atoms with Crippen LogP contribution in [0.25, 0.3) is 0 Å². The normalized spacial score (nSPS) is 18.8. The summed E-state index contributed by atoms with van der Waals surface area (Å²) in [5.41, 5.74) is 0.245. The number of rotatable bonds is 6. The molecule has 118 valence electrons.